The molecular weight excluding hydrogens is 669 g/mol. The largest absolute Gasteiger partial charge is 0.508 e. The van der Waals surface area contributed by atoms with Crippen LogP contribution in [-0.4, -0.2) is 128 Å². The van der Waals surface area contributed by atoms with Crippen molar-refractivity contribution in [3.63, 3.8) is 0 Å². The van der Waals surface area contributed by atoms with Crippen LogP contribution in [-0.2, 0) is 22.6 Å². The van der Waals surface area contributed by atoms with E-state index >= 15 is 0 Å². The summed E-state index contributed by atoms with van der Waals surface area (Å²) >= 11 is 0. The molecule has 3 aliphatic heterocycles. The van der Waals surface area contributed by atoms with Crippen molar-refractivity contribution in [1.29, 1.82) is 0 Å². The van der Waals surface area contributed by atoms with Crippen LogP contribution in [0.5, 0.6) is 11.8 Å². The number of nitrogens with zero attached hydrogens (tertiary/aromatic N) is 6. The van der Waals surface area contributed by atoms with E-state index in [1.54, 1.807) is 11.0 Å². The average molecular weight is 709 g/mol. The van der Waals surface area contributed by atoms with E-state index in [4.69, 9.17) is 24.6 Å². The first-order chi connectivity index (χ1) is 23.2. The van der Waals surface area contributed by atoms with Gasteiger partial charge in [-0.2, -0.15) is 33.7 Å². The molecule has 0 bridgehead atoms. The van der Waals surface area contributed by atoms with Crippen molar-refractivity contribution >= 4 is 44.7 Å². The van der Waals surface area contributed by atoms with Gasteiger partial charge in [-0.25, -0.2) is 4.79 Å². The van der Waals surface area contributed by atoms with E-state index in [1.165, 1.54) is 6.08 Å². The lowest BCUT2D eigenvalue weighted by Crippen LogP contribution is -2.49. The summed E-state index contributed by atoms with van der Waals surface area (Å²) in [5.74, 6) is -0.941. The number of rotatable bonds is 7. The fraction of sp³-hybridized carbons (Fsp3) is 0.438. The molecule has 6 rings (SSSR count). The molecule has 49 heavy (non-hydrogen) atoms. The van der Waals surface area contributed by atoms with Crippen LogP contribution in [0, 0.1) is 0 Å². The molecule has 2 fully saturated rings. The van der Waals surface area contributed by atoms with E-state index < -0.39 is 22.7 Å². The quantitative estimate of drug-likeness (QED) is 0.263. The van der Waals surface area contributed by atoms with E-state index in [0.29, 0.717) is 76.5 Å². The van der Waals surface area contributed by atoms with E-state index in [2.05, 4.69) is 27.3 Å². The summed E-state index contributed by atoms with van der Waals surface area (Å²) in [6, 6.07) is 12.0. The zero-order valence-electron chi connectivity index (χ0n) is 26.7. The summed E-state index contributed by atoms with van der Waals surface area (Å²) in [5, 5.41) is 19.6. The predicted octanol–water partition coefficient (Wildman–Crippen LogP) is 3.81. The number of hydrogen-bond donors (Lipinski definition) is 4. The first kappa shape index (κ1) is 36.0. The Kier molecular flexibility index (Phi) is 11.1. The van der Waals surface area contributed by atoms with Crippen molar-refractivity contribution in [3.05, 3.63) is 60.3 Å². The van der Waals surface area contributed by atoms with Gasteiger partial charge in [0.05, 0.1) is 23.7 Å². The minimum atomic E-state index is -5.08. The van der Waals surface area contributed by atoms with Crippen LogP contribution in [0.25, 0.3) is 10.8 Å². The smallest absolute Gasteiger partial charge is 0.490 e. The van der Waals surface area contributed by atoms with Gasteiger partial charge >= 0.3 is 18.2 Å². The maximum Gasteiger partial charge on any atom is 0.490 e. The maximum absolute atomic E-state index is 12.2. The standard InChI is InChI=1S/C30H38N6O5S.C2HF3O2/c1-2-28(38)34-9-11-35(12-10-34)29-25-7-8-36(27-20-23(37)19-22-5-3-4-6-24(22)27)21-26(25)31-30(32-29)41-16-13-33-14-17-42(39,40)18-15-33;3-2(4,5)1(6)7/h2-6,19-20,37,39-40H,1,7-18,21H2;(H,6,7). The highest BCUT2D eigenvalue weighted by Crippen LogP contribution is 2.40. The van der Waals surface area contributed by atoms with E-state index in [9.17, 15) is 32.2 Å². The molecule has 266 valence electrons. The van der Waals surface area contributed by atoms with Crippen molar-refractivity contribution in [2.24, 2.45) is 0 Å². The van der Waals surface area contributed by atoms with Gasteiger partial charge in [0.25, 0.3) is 0 Å². The molecule has 4 heterocycles. The second-order valence-electron chi connectivity index (χ2n) is 11.8. The Morgan fingerprint density at radius 3 is 2.31 bits per heavy atom. The van der Waals surface area contributed by atoms with Gasteiger partial charge in [-0.1, -0.05) is 30.8 Å². The van der Waals surface area contributed by atoms with Gasteiger partial charge < -0.3 is 29.6 Å². The van der Waals surface area contributed by atoms with Crippen LogP contribution in [0.3, 0.4) is 0 Å². The van der Waals surface area contributed by atoms with Gasteiger partial charge in [0.15, 0.2) is 0 Å². The molecule has 1 aromatic heterocycles. The van der Waals surface area contributed by atoms with Crippen LogP contribution in [0.15, 0.2) is 49.1 Å². The zero-order valence-corrected chi connectivity index (χ0v) is 27.5. The summed E-state index contributed by atoms with van der Waals surface area (Å²) in [4.78, 5) is 39.2. The zero-order chi connectivity index (χ0) is 35.3. The molecule has 3 aromatic rings. The Morgan fingerprint density at radius 2 is 1.65 bits per heavy atom. The fourth-order valence-corrected chi connectivity index (χ4v) is 7.28. The summed E-state index contributed by atoms with van der Waals surface area (Å²) in [5.41, 5.74) is 2.95. The lowest BCUT2D eigenvalue weighted by molar-refractivity contribution is -0.192. The number of fused-ring (bicyclic) bond motifs is 2. The molecule has 0 radical (unpaired) electrons. The van der Waals surface area contributed by atoms with Gasteiger partial charge in [0, 0.05) is 75.1 Å². The molecule has 3 aliphatic rings. The van der Waals surface area contributed by atoms with E-state index in [1.807, 2.05) is 24.3 Å². The number of aromatic nitrogens is 2. The number of carboxylic acid groups (broad SMARTS) is 1. The van der Waals surface area contributed by atoms with Gasteiger partial charge in [-0.15, -0.1) is 0 Å². The Morgan fingerprint density at radius 1 is 0.980 bits per heavy atom. The molecule has 4 N–H and O–H groups in total. The Labute approximate surface area is 282 Å². The molecule has 0 unspecified atom stereocenters. The highest BCUT2D eigenvalue weighted by atomic mass is 32.3. The number of alkyl halides is 3. The maximum atomic E-state index is 12.2. The lowest BCUT2D eigenvalue weighted by Gasteiger charge is -2.40. The average Bonchev–Trinajstić information content (AvgIpc) is 3.07. The number of carbonyl (C=O) groups excluding carboxylic acids is 1. The van der Waals surface area contributed by atoms with Crippen LogP contribution in [0.2, 0.25) is 0 Å². The van der Waals surface area contributed by atoms with Gasteiger partial charge in [-0.05, 0) is 23.9 Å². The van der Waals surface area contributed by atoms with Crippen molar-refractivity contribution < 1.29 is 46.8 Å². The topological polar surface area (TPSA) is 163 Å². The molecular formula is C32H39F3N6O7S. The number of anilines is 2. The van der Waals surface area contributed by atoms with Crippen molar-refractivity contribution in [3.8, 4) is 11.8 Å². The highest BCUT2D eigenvalue weighted by molar-refractivity contribution is 8.24. The first-order valence-electron chi connectivity index (χ1n) is 15.7. The Balaban J connectivity index is 0.000000606. The second-order valence-corrected chi connectivity index (χ2v) is 14.3. The van der Waals surface area contributed by atoms with Crippen LogP contribution < -0.4 is 14.5 Å². The third-order valence-corrected chi connectivity index (χ3v) is 10.3. The van der Waals surface area contributed by atoms with Crippen molar-refractivity contribution in [2.75, 3.05) is 80.3 Å². The number of carboxylic acids is 1. The number of aliphatic carboxylic acids is 1. The number of halogens is 3. The normalized spacial score (nSPS) is 18.6. The number of carbonyl (C=O) groups is 2. The third kappa shape index (κ3) is 9.03. The SMILES string of the molecule is C=CC(=O)N1CCN(c2nc(OCCN3CCS(O)(O)CC3)nc3c2CCN(c2cc(O)cc4ccccc24)C3)CC1.O=C(O)C(F)(F)F. The summed E-state index contributed by atoms with van der Waals surface area (Å²) in [7, 11) is -2.44. The highest BCUT2D eigenvalue weighted by Gasteiger charge is 2.38. The number of phenols is 1. The number of aromatic hydroxyl groups is 1. The molecule has 0 spiro atoms. The predicted molar refractivity (Wildman–Crippen MR) is 180 cm³/mol. The monoisotopic (exact) mass is 708 g/mol. The van der Waals surface area contributed by atoms with Crippen molar-refractivity contribution in [2.45, 2.75) is 19.1 Å². The second kappa shape index (κ2) is 15.1. The van der Waals surface area contributed by atoms with E-state index in [0.717, 1.165) is 46.5 Å². The Hall–Kier alpha value is -4.32. The molecule has 13 nitrogen and oxygen atoms in total. The summed E-state index contributed by atoms with van der Waals surface area (Å²) in [6.45, 7) is 9.71. The molecule has 1 amide bonds. The van der Waals surface area contributed by atoms with Gasteiger partial charge in [-0.3, -0.25) is 18.8 Å². The third-order valence-electron chi connectivity index (χ3n) is 8.60. The number of hydrogen-bond acceptors (Lipinski definition) is 11. The molecule has 0 saturated carbocycles. The van der Waals surface area contributed by atoms with Gasteiger partial charge in [0.2, 0.25) is 5.91 Å². The number of amides is 1. The van der Waals surface area contributed by atoms with Crippen LogP contribution in [0.4, 0.5) is 24.7 Å². The van der Waals surface area contributed by atoms with E-state index in [-0.39, 0.29) is 11.7 Å². The first-order valence-corrected chi connectivity index (χ1v) is 17.5. The van der Waals surface area contributed by atoms with Crippen LogP contribution in [0.1, 0.15) is 11.3 Å². The molecule has 2 aromatic carbocycles. The van der Waals surface area contributed by atoms with Crippen molar-refractivity contribution in [1.82, 2.24) is 19.8 Å². The lowest BCUT2D eigenvalue weighted by atomic mass is 10.0. The summed E-state index contributed by atoms with van der Waals surface area (Å²) in [6.07, 6.45) is -2.99. The molecule has 2 saturated heterocycles. The van der Waals surface area contributed by atoms with Gasteiger partial charge in [0.1, 0.15) is 18.2 Å². The molecule has 0 aliphatic carbocycles. The number of phenolic OH excluding ortho intramolecular Hbond substituents is 1. The minimum absolute atomic E-state index is 0.0590. The summed E-state index contributed by atoms with van der Waals surface area (Å²) < 4.78 is 57.7. The molecule has 0 atom stereocenters. The number of ether oxygens (including phenoxy) is 1. The Bertz CT molecular complexity index is 1680. The number of benzene rings is 2. The minimum Gasteiger partial charge on any atom is -0.508 e. The molecule has 17 heteroatoms. The fourth-order valence-electron chi connectivity index (χ4n) is 5.98. The van der Waals surface area contributed by atoms with Crippen LogP contribution >= 0.6 is 10.6 Å². The number of piperazine rings is 1.